The molecule has 0 bridgehead atoms. The molecule has 3 nitrogen and oxygen atoms in total. The van der Waals surface area contributed by atoms with Crippen LogP contribution in [0.1, 0.15) is 41.6 Å². The zero-order valence-electron chi connectivity index (χ0n) is 11.2. The second kappa shape index (κ2) is 6.53. The highest BCUT2D eigenvalue weighted by Crippen LogP contribution is 2.27. The lowest BCUT2D eigenvalue weighted by Crippen LogP contribution is -2.45. The molecule has 0 unspecified atom stereocenters. The highest BCUT2D eigenvalue weighted by atomic mass is 79.9. The van der Waals surface area contributed by atoms with E-state index >= 15 is 0 Å². The summed E-state index contributed by atoms with van der Waals surface area (Å²) in [4.78, 5) is 14.6. The molecule has 0 aliphatic heterocycles. The van der Waals surface area contributed by atoms with Crippen molar-refractivity contribution in [3.05, 3.63) is 33.8 Å². The van der Waals surface area contributed by atoms with E-state index in [1.807, 2.05) is 30.0 Å². The van der Waals surface area contributed by atoms with Crippen molar-refractivity contribution >= 4 is 21.8 Å². The van der Waals surface area contributed by atoms with Crippen LogP contribution in [0, 0.1) is 6.92 Å². The Bertz CT molecular complexity index is 457. The van der Waals surface area contributed by atoms with Crippen LogP contribution in [-0.2, 0) is 0 Å². The van der Waals surface area contributed by atoms with E-state index < -0.39 is 0 Å². The van der Waals surface area contributed by atoms with Gasteiger partial charge in [0.2, 0.25) is 0 Å². The average molecular weight is 326 g/mol. The number of aliphatic hydroxyl groups is 1. The van der Waals surface area contributed by atoms with Gasteiger partial charge >= 0.3 is 0 Å². The van der Waals surface area contributed by atoms with E-state index in [0.29, 0.717) is 19.0 Å². The van der Waals surface area contributed by atoms with Crippen LogP contribution in [-0.4, -0.2) is 35.1 Å². The topological polar surface area (TPSA) is 40.5 Å². The van der Waals surface area contributed by atoms with Crippen molar-refractivity contribution in [3.8, 4) is 0 Å². The van der Waals surface area contributed by atoms with Crippen LogP contribution in [0.2, 0.25) is 0 Å². The predicted octanol–water partition coefficient (Wildman–Crippen LogP) is 3.13. The lowest BCUT2D eigenvalue weighted by atomic mass is 9.90. The summed E-state index contributed by atoms with van der Waals surface area (Å²) in [5, 5.41) is 8.99. The second-order valence-electron chi connectivity index (χ2n) is 5.12. The molecule has 1 aliphatic carbocycles. The molecule has 104 valence electrons. The molecule has 0 aromatic heterocycles. The van der Waals surface area contributed by atoms with Crippen molar-refractivity contribution in [2.45, 2.75) is 38.6 Å². The summed E-state index contributed by atoms with van der Waals surface area (Å²) in [5.74, 6) is 0.0944. The molecular weight excluding hydrogens is 306 g/mol. The van der Waals surface area contributed by atoms with Gasteiger partial charge in [0.05, 0.1) is 0 Å². The number of carbonyl (C=O) groups is 1. The molecule has 1 aromatic carbocycles. The van der Waals surface area contributed by atoms with Crippen LogP contribution >= 0.6 is 15.9 Å². The van der Waals surface area contributed by atoms with Crippen molar-refractivity contribution in [2.75, 3.05) is 13.2 Å². The number of aryl methyl sites for hydroxylation is 1. The van der Waals surface area contributed by atoms with Crippen LogP contribution < -0.4 is 0 Å². The Kier molecular flexibility index (Phi) is 4.99. The maximum absolute atomic E-state index is 12.7. The Morgan fingerprint density at radius 3 is 2.79 bits per heavy atom. The number of halogens is 1. The molecule has 1 N–H and O–H groups in total. The first kappa shape index (κ1) is 14.5. The van der Waals surface area contributed by atoms with Gasteiger partial charge in [0.1, 0.15) is 0 Å². The van der Waals surface area contributed by atoms with Crippen molar-refractivity contribution < 1.29 is 9.90 Å². The minimum Gasteiger partial charge on any atom is -0.396 e. The molecule has 1 saturated carbocycles. The van der Waals surface area contributed by atoms with Crippen molar-refractivity contribution in [1.82, 2.24) is 4.90 Å². The van der Waals surface area contributed by atoms with Gasteiger partial charge in [-0.05, 0) is 50.3 Å². The van der Waals surface area contributed by atoms with E-state index in [1.165, 1.54) is 6.42 Å². The molecule has 19 heavy (non-hydrogen) atoms. The highest BCUT2D eigenvalue weighted by Gasteiger charge is 2.29. The molecule has 1 aromatic rings. The van der Waals surface area contributed by atoms with Crippen LogP contribution in [0.25, 0.3) is 0 Å². The van der Waals surface area contributed by atoms with Gasteiger partial charge in [0.25, 0.3) is 5.91 Å². The van der Waals surface area contributed by atoms with E-state index in [0.717, 1.165) is 28.4 Å². The summed E-state index contributed by atoms with van der Waals surface area (Å²) in [5.41, 5.74) is 1.76. The third-order valence-electron chi connectivity index (χ3n) is 3.76. The number of rotatable bonds is 5. The maximum atomic E-state index is 12.7. The number of aliphatic hydroxyl groups excluding tert-OH is 1. The van der Waals surface area contributed by atoms with E-state index in [4.69, 9.17) is 5.11 Å². The largest absolute Gasteiger partial charge is 0.396 e. The first-order valence-corrected chi connectivity index (χ1v) is 7.60. The minimum absolute atomic E-state index is 0.0944. The fourth-order valence-electron chi connectivity index (χ4n) is 2.37. The Hall–Kier alpha value is -0.870. The number of amides is 1. The maximum Gasteiger partial charge on any atom is 0.254 e. The van der Waals surface area contributed by atoms with Crippen LogP contribution in [0.4, 0.5) is 0 Å². The van der Waals surface area contributed by atoms with E-state index in [1.54, 1.807) is 0 Å². The minimum atomic E-state index is 0.0944. The SMILES string of the molecule is Cc1ccc(Br)cc1C(=O)N(CCCO)C1CCC1. The summed E-state index contributed by atoms with van der Waals surface area (Å²) in [6.45, 7) is 2.74. The Morgan fingerprint density at radius 2 is 2.21 bits per heavy atom. The van der Waals surface area contributed by atoms with Crippen LogP contribution in [0.5, 0.6) is 0 Å². The lowest BCUT2D eigenvalue weighted by Gasteiger charge is -2.38. The molecule has 1 amide bonds. The van der Waals surface area contributed by atoms with Crippen molar-refractivity contribution in [2.24, 2.45) is 0 Å². The zero-order chi connectivity index (χ0) is 13.8. The average Bonchev–Trinajstić information content (AvgIpc) is 2.34. The van der Waals surface area contributed by atoms with E-state index in [-0.39, 0.29) is 12.5 Å². The first-order valence-electron chi connectivity index (χ1n) is 6.81. The summed E-state index contributed by atoms with van der Waals surface area (Å²) in [7, 11) is 0. The third kappa shape index (κ3) is 3.37. The fourth-order valence-corrected chi connectivity index (χ4v) is 2.73. The van der Waals surface area contributed by atoms with Crippen molar-refractivity contribution in [3.63, 3.8) is 0 Å². The molecule has 0 atom stereocenters. The molecule has 1 fully saturated rings. The van der Waals surface area contributed by atoms with E-state index in [2.05, 4.69) is 15.9 Å². The lowest BCUT2D eigenvalue weighted by molar-refractivity contribution is 0.0561. The monoisotopic (exact) mass is 325 g/mol. The van der Waals surface area contributed by atoms with Crippen molar-refractivity contribution in [1.29, 1.82) is 0 Å². The highest BCUT2D eigenvalue weighted by molar-refractivity contribution is 9.10. The number of hydrogen-bond acceptors (Lipinski definition) is 2. The third-order valence-corrected chi connectivity index (χ3v) is 4.26. The number of carbonyl (C=O) groups excluding carboxylic acids is 1. The van der Waals surface area contributed by atoms with Crippen LogP contribution in [0.15, 0.2) is 22.7 Å². The molecule has 0 radical (unpaired) electrons. The Labute approximate surface area is 122 Å². The van der Waals surface area contributed by atoms with Gasteiger partial charge in [0, 0.05) is 29.2 Å². The smallest absolute Gasteiger partial charge is 0.254 e. The number of nitrogens with zero attached hydrogens (tertiary/aromatic N) is 1. The zero-order valence-corrected chi connectivity index (χ0v) is 12.8. The van der Waals surface area contributed by atoms with Gasteiger partial charge in [0.15, 0.2) is 0 Å². The summed E-state index contributed by atoms with van der Waals surface area (Å²) in [6, 6.07) is 6.16. The van der Waals surface area contributed by atoms with Gasteiger partial charge in [-0.3, -0.25) is 4.79 Å². The van der Waals surface area contributed by atoms with Crippen LogP contribution in [0.3, 0.4) is 0 Å². The summed E-state index contributed by atoms with van der Waals surface area (Å²) in [6.07, 6.45) is 4.02. The molecule has 0 saturated heterocycles. The number of hydrogen-bond donors (Lipinski definition) is 1. The van der Waals surface area contributed by atoms with Gasteiger partial charge in [-0.2, -0.15) is 0 Å². The van der Waals surface area contributed by atoms with Gasteiger partial charge in [-0.1, -0.05) is 22.0 Å². The van der Waals surface area contributed by atoms with Gasteiger partial charge in [-0.15, -0.1) is 0 Å². The molecule has 1 aliphatic rings. The fraction of sp³-hybridized carbons (Fsp3) is 0.533. The van der Waals surface area contributed by atoms with E-state index in [9.17, 15) is 4.79 Å². The Balaban J connectivity index is 2.19. The number of benzene rings is 1. The summed E-state index contributed by atoms with van der Waals surface area (Å²) < 4.78 is 0.928. The molecule has 0 spiro atoms. The molecule has 2 rings (SSSR count). The molecular formula is C15H20BrNO2. The quantitative estimate of drug-likeness (QED) is 0.903. The first-order chi connectivity index (χ1) is 9.13. The summed E-state index contributed by atoms with van der Waals surface area (Å²) >= 11 is 3.42. The molecule has 0 heterocycles. The Morgan fingerprint density at radius 1 is 1.47 bits per heavy atom. The van der Waals surface area contributed by atoms with Gasteiger partial charge in [-0.25, -0.2) is 0 Å². The molecule has 4 heteroatoms. The standard InChI is InChI=1S/C15H20BrNO2/c1-11-6-7-12(16)10-14(11)15(19)17(8-3-9-18)13-4-2-5-13/h6-7,10,13,18H,2-5,8-9H2,1H3. The second-order valence-corrected chi connectivity index (χ2v) is 6.04. The predicted molar refractivity (Wildman–Crippen MR) is 79.3 cm³/mol. The van der Waals surface area contributed by atoms with Gasteiger partial charge < -0.3 is 10.0 Å². The normalized spacial score (nSPS) is 15.1.